The van der Waals surface area contributed by atoms with Gasteiger partial charge in [-0.2, -0.15) is 0 Å². The first-order valence-electron chi connectivity index (χ1n) is 6.57. The van der Waals surface area contributed by atoms with Crippen LogP contribution >= 0.6 is 27.5 Å². The largest absolute Gasteiger partial charge is 0.486 e. The van der Waals surface area contributed by atoms with E-state index in [1.165, 1.54) is 12.1 Å². The molecule has 1 aromatic heterocycles. The second-order valence-corrected chi connectivity index (χ2v) is 5.68. The molecule has 1 aromatic carbocycles. The van der Waals surface area contributed by atoms with Gasteiger partial charge in [0.1, 0.15) is 24.0 Å². The van der Waals surface area contributed by atoms with Crippen LogP contribution in [0, 0.1) is 5.82 Å². The van der Waals surface area contributed by atoms with E-state index >= 15 is 0 Å². The number of nitrogens with zero attached hydrogens (tertiary/aromatic N) is 1. The number of hydrogen-bond acceptors (Lipinski definition) is 3. The third kappa shape index (κ3) is 4.58. The number of nitrogens with one attached hydrogen (secondary N) is 1. The minimum absolute atomic E-state index is 0.169. The van der Waals surface area contributed by atoms with Crippen molar-refractivity contribution in [3.63, 3.8) is 0 Å². The summed E-state index contributed by atoms with van der Waals surface area (Å²) >= 11 is 9.43. The van der Waals surface area contributed by atoms with E-state index < -0.39 is 0 Å². The minimum atomic E-state index is -0.356. The van der Waals surface area contributed by atoms with Gasteiger partial charge in [-0.3, -0.25) is 0 Å². The van der Waals surface area contributed by atoms with Gasteiger partial charge in [-0.15, -0.1) is 0 Å². The summed E-state index contributed by atoms with van der Waals surface area (Å²) in [6.45, 7) is 3.08. The lowest BCUT2D eigenvalue weighted by atomic mass is 10.3. The molecule has 0 bridgehead atoms. The molecule has 6 heteroatoms. The smallest absolute Gasteiger partial charge is 0.136 e. The van der Waals surface area contributed by atoms with Gasteiger partial charge in [0.2, 0.25) is 0 Å². The van der Waals surface area contributed by atoms with E-state index in [0.717, 1.165) is 18.8 Å². The van der Waals surface area contributed by atoms with Crippen molar-refractivity contribution in [1.82, 2.24) is 4.98 Å². The van der Waals surface area contributed by atoms with Crippen LogP contribution in [0.4, 0.5) is 10.2 Å². The molecule has 0 fully saturated rings. The fourth-order valence-electron chi connectivity index (χ4n) is 1.67. The molecule has 2 aromatic rings. The van der Waals surface area contributed by atoms with Crippen molar-refractivity contribution >= 4 is 33.3 Å². The van der Waals surface area contributed by atoms with Gasteiger partial charge in [0.25, 0.3) is 0 Å². The molecule has 0 aliphatic carbocycles. The Morgan fingerprint density at radius 3 is 2.90 bits per heavy atom. The molecule has 2 rings (SSSR count). The zero-order valence-corrected chi connectivity index (χ0v) is 13.8. The Morgan fingerprint density at radius 2 is 2.14 bits per heavy atom. The van der Waals surface area contributed by atoms with Crippen molar-refractivity contribution < 1.29 is 9.13 Å². The van der Waals surface area contributed by atoms with E-state index in [-0.39, 0.29) is 12.4 Å². The van der Waals surface area contributed by atoms with Crippen molar-refractivity contribution in [3.8, 4) is 5.75 Å². The molecule has 0 atom stereocenters. The summed E-state index contributed by atoms with van der Waals surface area (Å²) in [4.78, 5) is 4.40. The van der Waals surface area contributed by atoms with Crippen LogP contribution in [0.15, 0.2) is 34.8 Å². The quantitative estimate of drug-likeness (QED) is 0.770. The highest BCUT2D eigenvalue weighted by molar-refractivity contribution is 9.10. The lowest BCUT2D eigenvalue weighted by molar-refractivity contribution is 0.298. The number of hydrogen-bond donors (Lipinski definition) is 1. The number of pyridine rings is 1. The van der Waals surface area contributed by atoms with E-state index in [4.69, 9.17) is 16.3 Å². The molecule has 0 saturated heterocycles. The molecule has 0 amide bonds. The van der Waals surface area contributed by atoms with Gasteiger partial charge < -0.3 is 10.1 Å². The summed E-state index contributed by atoms with van der Waals surface area (Å²) in [7, 11) is 0. The molecule has 3 nitrogen and oxygen atoms in total. The van der Waals surface area contributed by atoms with Crippen LogP contribution in [0.5, 0.6) is 5.75 Å². The normalized spacial score (nSPS) is 10.5. The Bertz CT molecular complexity index is 625. The Morgan fingerprint density at radius 1 is 1.33 bits per heavy atom. The Labute approximate surface area is 136 Å². The van der Waals surface area contributed by atoms with Gasteiger partial charge in [-0.05, 0) is 46.6 Å². The SMILES string of the molecule is CCCNc1ccc(Cl)c(COc2cc(F)ccc2Br)n1. The van der Waals surface area contributed by atoms with E-state index in [2.05, 4.69) is 33.2 Å². The van der Waals surface area contributed by atoms with Crippen molar-refractivity contribution in [3.05, 3.63) is 51.3 Å². The topological polar surface area (TPSA) is 34.1 Å². The molecule has 0 saturated carbocycles. The third-order valence-corrected chi connectivity index (χ3v) is 3.73. The first kappa shape index (κ1) is 16.0. The van der Waals surface area contributed by atoms with Crippen LogP contribution < -0.4 is 10.1 Å². The zero-order chi connectivity index (χ0) is 15.2. The molecule has 21 heavy (non-hydrogen) atoms. The van der Waals surface area contributed by atoms with Crippen LogP contribution in [0.25, 0.3) is 0 Å². The van der Waals surface area contributed by atoms with Crippen LogP contribution in [0.2, 0.25) is 5.02 Å². The monoisotopic (exact) mass is 372 g/mol. The van der Waals surface area contributed by atoms with Crippen molar-refractivity contribution in [2.75, 3.05) is 11.9 Å². The maximum Gasteiger partial charge on any atom is 0.136 e. The molecule has 0 aliphatic rings. The van der Waals surface area contributed by atoms with Crippen LogP contribution in [0.1, 0.15) is 19.0 Å². The van der Waals surface area contributed by atoms with E-state index in [1.54, 1.807) is 12.1 Å². The molecular weight excluding hydrogens is 359 g/mol. The molecule has 0 radical (unpaired) electrons. The molecular formula is C15H15BrClFN2O. The Hall–Kier alpha value is -1.33. The number of benzene rings is 1. The average molecular weight is 374 g/mol. The maximum atomic E-state index is 13.2. The highest BCUT2D eigenvalue weighted by atomic mass is 79.9. The highest BCUT2D eigenvalue weighted by Crippen LogP contribution is 2.27. The summed E-state index contributed by atoms with van der Waals surface area (Å²) < 4.78 is 19.5. The van der Waals surface area contributed by atoms with E-state index in [1.807, 2.05) is 6.07 Å². The zero-order valence-electron chi connectivity index (χ0n) is 11.5. The Kier molecular flexibility index (Phi) is 5.82. The maximum absolute atomic E-state index is 13.2. The molecule has 1 heterocycles. The fraction of sp³-hybridized carbons (Fsp3) is 0.267. The predicted molar refractivity (Wildman–Crippen MR) is 86.5 cm³/mol. The summed E-state index contributed by atoms with van der Waals surface area (Å²) in [5.74, 6) is 0.809. The van der Waals surface area contributed by atoms with Gasteiger partial charge in [-0.1, -0.05) is 18.5 Å². The van der Waals surface area contributed by atoms with Crippen molar-refractivity contribution in [2.45, 2.75) is 20.0 Å². The van der Waals surface area contributed by atoms with Crippen LogP contribution in [-0.4, -0.2) is 11.5 Å². The molecule has 112 valence electrons. The second-order valence-electron chi connectivity index (χ2n) is 4.42. The number of rotatable bonds is 6. The van der Waals surface area contributed by atoms with E-state index in [9.17, 15) is 4.39 Å². The number of anilines is 1. The standard InChI is InChI=1S/C15H15BrClFN2O/c1-2-7-19-15-6-5-12(17)13(20-15)9-21-14-8-10(18)3-4-11(14)16/h3-6,8H,2,7,9H2,1H3,(H,19,20). The van der Waals surface area contributed by atoms with Crippen molar-refractivity contribution in [2.24, 2.45) is 0 Å². The average Bonchev–Trinajstić information content (AvgIpc) is 2.48. The van der Waals surface area contributed by atoms with Gasteiger partial charge in [-0.25, -0.2) is 9.37 Å². The molecule has 0 unspecified atom stereocenters. The fourth-order valence-corrected chi connectivity index (χ4v) is 2.19. The van der Waals surface area contributed by atoms with Gasteiger partial charge in [0.15, 0.2) is 0 Å². The van der Waals surface area contributed by atoms with E-state index in [0.29, 0.717) is 20.9 Å². The summed E-state index contributed by atoms with van der Waals surface area (Å²) in [5.41, 5.74) is 0.605. The van der Waals surface area contributed by atoms with Crippen LogP contribution in [0.3, 0.4) is 0 Å². The van der Waals surface area contributed by atoms with Crippen molar-refractivity contribution in [1.29, 1.82) is 0 Å². The summed E-state index contributed by atoms with van der Waals surface area (Å²) in [6.07, 6.45) is 1.01. The number of aromatic nitrogens is 1. The molecule has 0 aliphatic heterocycles. The predicted octanol–water partition coefficient (Wildman–Crippen LogP) is 5.04. The van der Waals surface area contributed by atoms with Gasteiger partial charge in [0.05, 0.1) is 15.2 Å². The molecule has 0 spiro atoms. The van der Waals surface area contributed by atoms with Crippen LogP contribution in [-0.2, 0) is 6.61 Å². The lowest BCUT2D eigenvalue weighted by Gasteiger charge is -2.11. The van der Waals surface area contributed by atoms with Gasteiger partial charge >= 0.3 is 0 Å². The summed E-state index contributed by atoms with van der Waals surface area (Å²) in [5, 5.41) is 3.70. The Balaban J connectivity index is 2.10. The summed E-state index contributed by atoms with van der Waals surface area (Å²) in [6, 6.07) is 7.86. The minimum Gasteiger partial charge on any atom is -0.486 e. The number of ether oxygens (including phenoxy) is 1. The lowest BCUT2D eigenvalue weighted by Crippen LogP contribution is -2.06. The first-order chi connectivity index (χ1) is 10.1. The molecule has 1 N–H and O–H groups in total. The van der Waals surface area contributed by atoms with Gasteiger partial charge in [0, 0.05) is 12.6 Å². The second kappa shape index (κ2) is 7.61. The number of halogens is 3. The first-order valence-corrected chi connectivity index (χ1v) is 7.74. The highest BCUT2D eigenvalue weighted by Gasteiger charge is 2.08. The third-order valence-electron chi connectivity index (χ3n) is 2.73.